The van der Waals surface area contributed by atoms with Crippen LogP contribution >= 0.6 is 0 Å². The van der Waals surface area contributed by atoms with Crippen molar-refractivity contribution in [3.63, 3.8) is 0 Å². The lowest BCUT2D eigenvalue weighted by molar-refractivity contribution is -0.156. The maximum atomic E-state index is 12.8. The molecule has 1 aliphatic carbocycles. The molecule has 2 fully saturated rings. The average Bonchev–Trinajstić information content (AvgIpc) is 3.11. The van der Waals surface area contributed by atoms with Gasteiger partial charge in [-0.25, -0.2) is 0 Å². The summed E-state index contributed by atoms with van der Waals surface area (Å²) >= 11 is 0. The summed E-state index contributed by atoms with van der Waals surface area (Å²) < 4.78 is 17.1. The summed E-state index contributed by atoms with van der Waals surface area (Å²) in [6.45, 7) is 6.76. The third-order valence-corrected chi connectivity index (χ3v) is 6.40. The maximum absolute atomic E-state index is 12.8. The van der Waals surface area contributed by atoms with Gasteiger partial charge in [-0.1, -0.05) is 6.07 Å². The Balaban J connectivity index is 1.31. The van der Waals surface area contributed by atoms with Gasteiger partial charge in [0.25, 0.3) is 0 Å². The number of nitrogens with zero attached hydrogens (tertiary/aromatic N) is 2. The molecule has 0 bridgehead atoms. The van der Waals surface area contributed by atoms with Crippen molar-refractivity contribution in [3.05, 3.63) is 30.1 Å². The summed E-state index contributed by atoms with van der Waals surface area (Å²) in [7, 11) is 1.73. The molecule has 1 aliphatic heterocycles. The summed E-state index contributed by atoms with van der Waals surface area (Å²) in [6, 6.07) is 3.41. The predicted molar refractivity (Wildman–Crippen MR) is 129 cm³/mol. The van der Waals surface area contributed by atoms with Gasteiger partial charge in [0.15, 0.2) is 0 Å². The van der Waals surface area contributed by atoms with Crippen molar-refractivity contribution in [1.29, 1.82) is 0 Å². The lowest BCUT2D eigenvalue weighted by Gasteiger charge is -2.29. The van der Waals surface area contributed by atoms with Crippen molar-refractivity contribution in [1.82, 2.24) is 15.2 Å². The zero-order valence-electron chi connectivity index (χ0n) is 21.3. The minimum atomic E-state index is -0.474. The van der Waals surface area contributed by atoms with E-state index in [9.17, 15) is 14.4 Å². The number of carbonyl (C=O) groups excluding carboxylic acids is 3. The smallest absolute Gasteiger partial charge is 0.308 e. The Morgan fingerprint density at radius 3 is 2.37 bits per heavy atom. The Bertz CT molecular complexity index is 848. The zero-order valence-corrected chi connectivity index (χ0v) is 21.3. The first-order chi connectivity index (χ1) is 16.6. The Morgan fingerprint density at radius 1 is 1.11 bits per heavy atom. The van der Waals surface area contributed by atoms with Gasteiger partial charge >= 0.3 is 5.97 Å². The molecule has 0 radical (unpaired) electrons. The molecule has 3 rings (SSSR count). The summed E-state index contributed by atoms with van der Waals surface area (Å²) in [5.41, 5.74) is 0.389. The highest BCUT2D eigenvalue weighted by Crippen LogP contribution is 2.36. The fourth-order valence-corrected chi connectivity index (χ4v) is 4.71. The average molecular weight is 490 g/mol. The summed E-state index contributed by atoms with van der Waals surface area (Å²) in [5.74, 6) is -0.857. The first kappa shape index (κ1) is 27.1. The van der Waals surface area contributed by atoms with E-state index in [4.69, 9.17) is 14.2 Å². The van der Waals surface area contributed by atoms with Crippen LogP contribution in [0, 0.1) is 5.92 Å². The van der Waals surface area contributed by atoms with Gasteiger partial charge in [0.05, 0.1) is 43.8 Å². The number of aromatic nitrogens is 1. The largest absolute Gasteiger partial charge is 0.460 e. The van der Waals surface area contributed by atoms with Gasteiger partial charge in [0.1, 0.15) is 5.60 Å². The number of ether oxygens (including phenoxy) is 3. The second-order valence-corrected chi connectivity index (χ2v) is 10.3. The number of rotatable bonds is 10. The van der Waals surface area contributed by atoms with E-state index in [0.29, 0.717) is 19.8 Å². The molecule has 2 amide bonds. The van der Waals surface area contributed by atoms with Crippen molar-refractivity contribution in [2.24, 2.45) is 5.92 Å². The molecule has 1 aromatic heterocycles. The molecule has 194 valence electrons. The first-order valence-electron chi connectivity index (χ1n) is 12.5. The van der Waals surface area contributed by atoms with Crippen molar-refractivity contribution >= 4 is 17.8 Å². The first-order valence-corrected chi connectivity index (χ1v) is 12.5. The van der Waals surface area contributed by atoms with E-state index < -0.39 is 11.5 Å². The standard InChI is InChI=1S/C26H39N3O6/c1-26(2,3)35-23(31)11-14-33-19-7-9-20(10-8-19)34-15-13-28-25(32)21-16-22(30)29(4)24(21)18-6-5-12-27-17-18/h5-6,12,17,19-21,24H,7-11,13-16H2,1-4H3,(H,28,32)/t19-,20-,21-,24+/m0/s1. The second-order valence-electron chi connectivity index (χ2n) is 10.3. The van der Waals surface area contributed by atoms with Crippen LogP contribution < -0.4 is 5.32 Å². The number of amides is 2. The Hall–Kier alpha value is -2.52. The van der Waals surface area contributed by atoms with Crippen molar-refractivity contribution < 1.29 is 28.6 Å². The van der Waals surface area contributed by atoms with E-state index in [1.165, 1.54) is 0 Å². The van der Waals surface area contributed by atoms with Crippen molar-refractivity contribution in [2.45, 2.75) is 83.1 Å². The number of pyridine rings is 1. The monoisotopic (exact) mass is 489 g/mol. The molecule has 9 heteroatoms. The summed E-state index contributed by atoms with van der Waals surface area (Å²) in [6.07, 6.45) is 7.66. The van der Waals surface area contributed by atoms with E-state index >= 15 is 0 Å². The lowest BCUT2D eigenvalue weighted by Crippen LogP contribution is -2.37. The van der Waals surface area contributed by atoms with Crippen LogP contribution in [0.1, 0.15) is 70.9 Å². The molecule has 2 heterocycles. The fourth-order valence-electron chi connectivity index (χ4n) is 4.71. The van der Waals surface area contributed by atoms with Gasteiger partial charge in [-0.2, -0.15) is 0 Å². The molecule has 1 saturated heterocycles. The third kappa shape index (κ3) is 8.28. The third-order valence-electron chi connectivity index (χ3n) is 6.40. The van der Waals surface area contributed by atoms with Crippen molar-refractivity contribution in [3.8, 4) is 0 Å². The minimum Gasteiger partial charge on any atom is -0.460 e. The van der Waals surface area contributed by atoms with Crippen LogP contribution in [-0.2, 0) is 28.6 Å². The molecular formula is C26H39N3O6. The van der Waals surface area contributed by atoms with Gasteiger partial charge < -0.3 is 24.4 Å². The van der Waals surface area contributed by atoms with Crippen LogP contribution in [0.5, 0.6) is 0 Å². The Labute approximate surface area is 207 Å². The second kappa shape index (κ2) is 12.4. The van der Waals surface area contributed by atoms with E-state index in [0.717, 1.165) is 31.2 Å². The molecule has 2 atom stereocenters. The number of hydrogen-bond acceptors (Lipinski definition) is 7. The van der Waals surface area contributed by atoms with E-state index in [1.54, 1.807) is 24.3 Å². The summed E-state index contributed by atoms with van der Waals surface area (Å²) in [4.78, 5) is 42.6. The van der Waals surface area contributed by atoms with Crippen LogP contribution in [0.3, 0.4) is 0 Å². The zero-order chi connectivity index (χ0) is 25.4. The number of esters is 1. The number of hydrogen-bond donors (Lipinski definition) is 1. The van der Waals surface area contributed by atoms with Crippen LogP contribution in [0.4, 0.5) is 0 Å². The topological polar surface area (TPSA) is 107 Å². The molecule has 2 aliphatic rings. The number of carbonyl (C=O) groups is 3. The normalized spacial score (nSPS) is 24.9. The van der Waals surface area contributed by atoms with Crippen LogP contribution in [0.2, 0.25) is 0 Å². The van der Waals surface area contributed by atoms with E-state index in [-0.39, 0.29) is 48.9 Å². The fraction of sp³-hybridized carbons (Fsp3) is 0.692. The van der Waals surface area contributed by atoms with Gasteiger partial charge in [-0.15, -0.1) is 0 Å². The lowest BCUT2D eigenvalue weighted by atomic mass is 9.94. The molecule has 1 saturated carbocycles. The maximum Gasteiger partial charge on any atom is 0.308 e. The van der Waals surface area contributed by atoms with Gasteiger partial charge in [-0.05, 0) is 58.1 Å². The van der Waals surface area contributed by atoms with Gasteiger partial charge in [0.2, 0.25) is 11.8 Å². The summed E-state index contributed by atoms with van der Waals surface area (Å²) in [5, 5.41) is 2.94. The quantitative estimate of drug-likeness (QED) is 0.398. The molecule has 35 heavy (non-hydrogen) atoms. The molecular weight excluding hydrogens is 450 g/mol. The van der Waals surface area contributed by atoms with Crippen LogP contribution in [-0.4, -0.2) is 72.3 Å². The Kier molecular flexibility index (Phi) is 9.63. The van der Waals surface area contributed by atoms with Crippen LogP contribution in [0.15, 0.2) is 24.5 Å². The molecule has 0 spiro atoms. The van der Waals surface area contributed by atoms with Crippen molar-refractivity contribution in [2.75, 3.05) is 26.8 Å². The highest BCUT2D eigenvalue weighted by Gasteiger charge is 2.42. The number of likely N-dealkylation sites (tertiary alicyclic amines) is 1. The van der Waals surface area contributed by atoms with Gasteiger partial charge in [0, 0.05) is 32.4 Å². The molecule has 9 nitrogen and oxygen atoms in total. The van der Waals surface area contributed by atoms with Crippen LogP contribution in [0.25, 0.3) is 0 Å². The SMILES string of the molecule is CN1C(=O)C[C@H](C(=O)NCCO[C@H]2CC[C@H](OCCC(=O)OC(C)(C)C)CC2)[C@H]1c1cccnc1. The molecule has 1 N–H and O–H groups in total. The molecule has 0 unspecified atom stereocenters. The minimum absolute atomic E-state index is 0.0414. The molecule has 1 aromatic rings. The van der Waals surface area contributed by atoms with E-state index in [2.05, 4.69) is 10.3 Å². The molecule has 0 aromatic carbocycles. The highest BCUT2D eigenvalue weighted by molar-refractivity contribution is 5.90. The predicted octanol–water partition coefficient (Wildman–Crippen LogP) is 2.79. The number of nitrogens with one attached hydrogen (secondary N) is 1. The highest BCUT2D eigenvalue weighted by atomic mass is 16.6. The Morgan fingerprint density at radius 2 is 1.77 bits per heavy atom. The van der Waals surface area contributed by atoms with Gasteiger partial charge in [-0.3, -0.25) is 19.4 Å². The van der Waals surface area contributed by atoms with E-state index in [1.807, 2.05) is 32.9 Å².